The molecule has 3 rings (SSSR count). The Morgan fingerprint density at radius 3 is 2.81 bits per heavy atom. The lowest BCUT2D eigenvalue weighted by atomic mass is 10.1. The number of halogens is 1. The summed E-state index contributed by atoms with van der Waals surface area (Å²) in [6.45, 7) is 0. The molecular weight excluding hydrogens is 304 g/mol. The zero-order valence-electron chi connectivity index (χ0n) is 11.7. The Morgan fingerprint density at radius 2 is 2.19 bits per heavy atom. The van der Waals surface area contributed by atoms with Gasteiger partial charge < -0.3 is 10.6 Å². The van der Waals surface area contributed by atoms with Crippen molar-refractivity contribution in [3.63, 3.8) is 0 Å². The van der Waals surface area contributed by atoms with E-state index in [1.165, 1.54) is 17.7 Å². The molecule has 1 unspecified atom stereocenters. The monoisotopic (exact) mass is 320 g/mol. The van der Waals surface area contributed by atoms with E-state index >= 15 is 0 Å². The molecular formula is C16H17ClN2OS. The first-order chi connectivity index (χ1) is 10.2. The molecule has 5 heteroatoms. The summed E-state index contributed by atoms with van der Waals surface area (Å²) in [5.74, 6) is 0.519. The standard InChI is InChI=1S/C16H17ClN2OS/c1-18-16(20)12-9-11(6-7-13(12)17)19-15(10-4-5-10)14-3-2-8-21-14/h2-3,6-10,15,19H,4-5H2,1H3,(H,18,20). The lowest BCUT2D eigenvalue weighted by Gasteiger charge is -2.19. The van der Waals surface area contributed by atoms with Crippen LogP contribution >= 0.6 is 22.9 Å². The summed E-state index contributed by atoms with van der Waals surface area (Å²) in [7, 11) is 1.61. The molecule has 1 heterocycles. The van der Waals surface area contributed by atoms with Crippen molar-refractivity contribution in [2.45, 2.75) is 18.9 Å². The van der Waals surface area contributed by atoms with Gasteiger partial charge in [-0.25, -0.2) is 0 Å². The van der Waals surface area contributed by atoms with Gasteiger partial charge in [0.1, 0.15) is 0 Å². The Hall–Kier alpha value is -1.52. The van der Waals surface area contributed by atoms with E-state index in [4.69, 9.17) is 11.6 Å². The van der Waals surface area contributed by atoms with Gasteiger partial charge >= 0.3 is 0 Å². The van der Waals surface area contributed by atoms with Gasteiger partial charge in [-0.15, -0.1) is 11.3 Å². The second-order valence-corrected chi connectivity index (χ2v) is 6.64. The van der Waals surface area contributed by atoms with Crippen molar-refractivity contribution in [1.82, 2.24) is 5.32 Å². The molecule has 0 spiro atoms. The number of amides is 1. The van der Waals surface area contributed by atoms with Gasteiger partial charge in [-0.1, -0.05) is 17.7 Å². The highest BCUT2D eigenvalue weighted by atomic mass is 35.5. The molecule has 1 saturated carbocycles. The minimum absolute atomic E-state index is 0.164. The van der Waals surface area contributed by atoms with Crippen molar-refractivity contribution in [3.05, 3.63) is 51.2 Å². The van der Waals surface area contributed by atoms with Crippen molar-refractivity contribution >= 4 is 34.5 Å². The second kappa shape index (κ2) is 6.08. The maximum absolute atomic E-state index is 11.8. The van der Waals surface area contributed by atoms with E-state index < -0.39 is 0 Å². The highest BCUT2D eigenvalue weighted by Gasteiger charge is 2.33. The van der Waals surface area contributed by atoms with E-state index in [0.717, 1.165) is 5.69 Å². The summed E-state index contributed by atoms with van der Waals surface area (Å²) in [6, 6.07) is 10.1. The smallest absolute Gasteiger partial charge is 0.252 e. The number of carbonyl (C=O) groups is 1. The normalized spacial score (nSPS) is 15.5. The van der Waals surface area contributed by atoms with Crippen LogP contribution in [-0.4, -0.2) is 13.0 Å². The first-order valence-electron chi connectivity index (χ1n) is 7.00. The molecule has 1 atom stereocenters. The Labute approximate surface area is 133 Å². The Morgan fingerprint density at radius 1 is 1.38 bits per heavy atom. The largest absolute Gasteiger partial charge is 0.377 e. The van der Waals surface area contributed by atoms with Gasteiger partial charge in [0, 0.05) is 17.6 Å². The Kier molecular flexibility index (Phi) is 4.17. The summed E-state index contributed by atoms with van der Waals surface area (Å²) in [4.78, 5) is 13.2. The number of rotatable bonds is 5. The molecule has 21 heavy (non-hydrogen) atoms. The summed E-state index contributed by atoms with van der Waals surface area (Å²) in [5, 5.41) is 8.75. The van der Waals surface area contributed by atoms with Crippen LogP contribution in [0.4, 0.5) is 5.69 Å². The van der Waals surface area contributed by atoms with Crippen LogP contribution in [0.1, 0.15) is 34.1 Å². The number of hydrogen-bond acceptors (Lipinski definition) is 3. The zero-order valence-corrected chi connectivity index (χ0v) is 13.3. The molecule has 1 aliphatic rings. The van der Waals surface area contributed by atoms with Crippen LogP contribution in [0.5, 0.6) is 0 Å². The highest BCUT2D eigenvalue weighted by molar-refractivity contribution is 7.10. The first kappa shape index (κ1) is 14.4. The lowest BCUT2D eigenvalue weighted by molar-refractivity contribution is 0.0963. The molecule has 0 saturated heterocycles. The average Bonchev–Trinajstić information content (AvgIpc) is 3.19. The van der Waals surface area contributed by atoms with Gasteiger partial charge in [-0.05, 0) is 48.4 Å². The number of thiophene rings is 1. The molecule has 1 aromatic heterocycles. The maximum Gasteiger partial charge on any atom is 0.252 e. The van der Waals surface area contributed by atoms with Gasteiger partial charge in [-0.2, -0.15) is 0 Å². The third kappa shape index (κ3) is 3.22. The summed E-state index contributed by atoms with van der Waals surface area (Å²) < 4.78 is 0. The SMILES string of the molecule is CNC(=O)c1cc(NC(c2cccs2)C2CC2)ccc1Cl. The third-order valence-corrected chi connectivity index (χ3v) is 4.99. The van der Waals surface area contributed by atoms with Crippen molar-refractivity contribution in [2.75, 3.05) is 12.4 Å². The Bertz CT molecular complexity index is 638. The van der Waals surface area contributed by atoms with Crippen LogP contribution in [0.3, 0.4) is 0 Å². The highest BCUT2D eigenvalue weighted by Crippen LogP contribution is 2.44. The van der Waals surface area contributed by atoms with Crippen LogP contribution in [0, 0.1) is 5.92 Å². The minimum Gasteiger partial charge on any atom is -0.377 e. The fourth-order valence-electron chi connectivity index (χ4n) is 2.42. The van der Waals surface area contributed by atoms with Crippen LogP contribution in [0.15, 0.2) is 35.7 Å². The molecule has 3 nitrogen and oxygen atoms in total. The van der Waals surface area contributed by atoms with Crippen LogP contribution in [-0.2, 0) is 0 Å². The molecule has 110 valence electrons. The molecule has 1 fully saturated rings. The molecule has 1 aromatic carbocycles. The van der Waals surface area contributed by atoms with E-state index in [-0.39, 0.29) is 5.91 Å². The topological polar surface area (TPSA) is 41.1 Å². The summed E-state index contributed by atoms with van der Waals surface area (Å²) in [5.41, 5.74) is 1.44. The minimum atomic E-state index is -0.164. The van der Waals surface area contributed by atoms with E-state index in [9.17, 15) is 4.79 Å². The molecule has 1 amide bonds. The fourth-order valence-corrected chi connectivity index (χ4v) is 3.50. The zero-order chi connectivity index (χ0) is 14.8. The summed E-state index contributed by atoms with van der Waals surface area (Å²) >= 11 is 7.86. The van der Waals surface area contributed by atoms with Crippen molar-refractivity contribution < 1.29 is 4.79 Å². The molecule has 0 aliphatic heterocycles. The number of nitrogens with one attached hydrogen (secondary N) is 2. The maximum atomic E-state index is 11.8. The molecule has 2 N–H and O–H groups in total. The number of anilines is 1. The molecule has 1 aliphatic carbocycles. The average molecular weight is 321 g/mol. The van der Waals surface area contributed by atoms with Gasteiger partial charge in [0.25, 0.3) is 5.91 Å². The first-order valence-corrected chi connectivity index (χ1v) is 8.26. The number of benzene rings is 1. The van der Waals surface area contributed by atoms with Crippen LogP contribution in [0.2, 0.25) is 5.02 Å². The van der Waals surface area contributed by atoms with E-state index in [2.05, 4.69) is 28.1 Å². The molecule has 0 bridgehead atoms. The van der Waals surface area contributed by atoms with Crippen molar-refractivity contribution in [2.24, 2.45) is 5.92 Å². The fraction of sp³-hybridized carbons (Fsp3) is 0.312. The van der Waals surface area contributed by atoms with Crippen molar-refractivity contribution in [1.29, 1.82) is 0 Å². The van der Waals surface area contributed by atoms with E-state index in [0.29, 0.717) is 22.5 Å². The predicted molar refractivity (Wildman–Crippen MR) is 88.2 cm³/mol. The van der Waals surface area contributed by atoms with Crippen LogP contribution in [0.25, 0.3) is 0 Å². The van der Waals surface area contributed by atoms with E-state index in [1.54, 1.807) is 24.5 Å². The van der Waals surface area contributed by atoms with Gasteiger partial charge in [-0.3, -0.25) is 4.79 Å². The lowest BCUT2D eigenvalue weighted by Crippen LogP contribution is -2.19. The molecule has 0 radical (unpaired) electrons. The van der Waals surface area contributed by atoms with Crippen LogP contribution < -0.4 is 10.6 Å². The second-order valence-electron chi connectivity index (χ2n) is 5.25. The van der Waals surface area contributed by atoms with E-state index in [1.807, 2.05) is 12.1 Å². The Balaban J connectivity index is 1.85. The van der Waals surface area contributed by atoms with Gasteiger partial charge in [0.15, 0.2) is 0 Å². The summed E-state index contributed by atoms with van der Waals surface area (Å²) in [6.07, 6.45) is 2.51. The van der Waals surface area contributed by atoms with Gasteiger partial charge in [0.05, 0.1) is 16.6 Å². The predicted octanol–water partition coefficient (Wildman–Crippen LogP) is 4.32. The van der Waals surface area contributed by atoms with Crippen molar-refractivity contribution in [3.8, 4) is 0 Å². The number of hydrogen-bond donors (Lipinski definition) is 2. The number of carbonyl (C=O) groups excluding carboxylic acids is 1. The van der Waals surface area contributed by atoms with Gasteiger partial charge in [0.2, 0.25) is 0 Å². The molecule has 2 aromatic rings. The quantitative estimate of drug-likeness (QED) is 0.861. The third-order valence-electron chi connectivity index (χ3n) is 3.70.